The van der Waals surface area contributed by atoms with Gasteiger partial charge in [0.1, 0.15) is 12.4 Å². The molecule has 0 aliphatic rings. The minimum Gasteiger partial charge on any atom is -0.487 e. The van der Waals surface area contributed by atoms with Gasteiger partial charge < -0.3 is 15.4 Å². The van der Waals surface area contributed by atoms with E-state index in [0.717, 1.165) is 30.5 Å². The highest BCUT2D eigenvalue weighted by atomic mass is 127. The molecular weight excluding hydrogens is 439 g/mol. The summed E-state index contributed by atoms with van der Waals surface area (Å²) in [5.74, 6) is 1.68. The first kappa shape index (κ1) is 22.2. The van der Waals surface area contributed by atoms with Crippen molar-refractivity contribution in [3.8, 4) is 5.75 Å². The molecule has 1 aromatic heterocycles. The van der Waals surface area contributed by atoms with E-state index in [4.69, 9.17) is 4.74 Å². The van der Waals surface area contributed by atoms with Gasteiger partial charge in [-0.15, -0.1) is 24.0 Å². The van der Waals surface area contributed by atoms with E-state index in [9.17, 15) is 0 Å². The van der Waals surface area contributed by atoms with Gasteiger partial charge in [0.15, 0.2) is 5.96 Å². The number of benzene rings is 1. The van der Waals surface area contributed by atoms with E-state index in [1.807, 2.05) is 30.3 Å². The molecule has 0 radical (unpaired) electrons. The van der Waals surface area contributed by atoms with Crippen LogP contribution in [0.5, 0.6) is 5.75 Å². The van der Waals surface area contributed by atoms with Gasteiger partial charge in [-0.1, -0.05) is 38.0 Å². The van der Waals surface area contributed by atoms with Crippen LogP contribution in [0.1, 0.15) is 37.4 Å². The minimum atomic E-state index is 0. The molecule has 0 fully saturated rings. The van der Waals surface area contributed by atoms with Crippen molar-refractivity contribution in [1.82, 2.24) is 15.6 Å². The monoisotopic (exact) mass is 468 g/mol. The van der Waals surface area contributed by atoms with Crippen LogP contribution in [0.4, 0.5) is 0 Å². The Labute approximate surface area is 173 Å². The number of aromatic nitrogens is 1. The third kappa shape index (κ3) is 8.51. The summed E-state index contributed by atoms with van der Waals surface area (Å²) in [6.07, 6.45) is 5.41. The maximum absolute atomic E-state index is 5.75. The molecule has 2 rings (SSSR count). The number of pyridine rings is 1. The maximum atomic E-state index is 5.75. The number of unbranched alkanes of at least 4 members (excludes halogenated alkanes) is 2. The quantitative estimate of drug-likeness (QED) is 0.252. The number of hydrogen-bond donors (Lipinski definition) is 2. The summed E-state index contributed by atoms with van der Waals surface area (Å²) in [5.41, 5.74) is 2.10. The fraction of sp³-hybridized carbons (Fsp3) is 0.400. The van der Waals surface area contributed by atoms with Gasteiger partial charge in [0.2, 0.25) is 0 Å². The average molecular weight is 468 g/mol. The van der Waals surface area contributed by atoms with Gasteiger partial charge in [0.25, 0.3) is 0 Å². The number of aliphatic imine (C=N–C) groups is 1. The molecule has 26 heavy (non-hydrogen) atoms. The molecule has 142 valence electrons. The lowest BCUT2D eigenvalue weighted by atomic mass is 10.2. The Bertz CT molecular complexity index is 632. The van der Waals surface area contributed by atoms with Crippen molar-refractivity contribution in [3.63, 3.8) is 0 Å². The Morgan fingerprint density at radius 1 is 1.08 bits per heavy atom. The van der Waals surface area contributed by atoms with Crippen molar-refractivity contribution in [2.75, 3.05) is 13.6 Å². The zero-order chi connectivity index (χ0) is 17.7. The summed E-state index contributed by atoms with van der Waals surface area (Å²) in [7, 11) is 1.80. The van der Waals surface area contributed by atoms with Crippen LogP contribution < -0.4 is 15.4 Å². The molecule has 5 nitrogen and oxygen atoms in total. The molecular formula is C20H29IN4O. The van der Waals surface area contributed by atoms with Crippen LogP contribution in [-0.4, -0.2) is 24.5 Å². The van der Waals surface area contributed by atoms with Crippen molar-refractivity contribution in [1.29, 1.82) is 0 Å². The summed E-state index contributed by atoms with van der Waals surface area (Å²) in [4.78, 5) is 8.49. The van der Waals surface area contributed by atoms with Crippen molar-refractivity contribution in [2.24, 2.45) is 4.99 Å². The molecule has 6 heteroatoms. The van der Waals surface area contributed by atoms with Gasteiger partial charge in [0, 0.05) is 26.3 Å². The smallest absolute Gasteiger partial charge is 0.191 e. The van der Waals surface area contributed by atoms with E-state index < -0.39 is 0 Å². The molecule has 1 heterocycles. The number of ether oxygens (including phenoxy) is 1. The first-order chi connectivity index (χ1) is 12.3. The average Bonchev–Trinajstić information content (AvgIpc) is 2.67. The molecule has 0 amide bonds. The predicted octanol–water partition coefficient (Wildman–Crippen LogP) is 4.13. The van der Waals surface area contributed by atoms with Crippen molar-refractivity contribution in [3.05, 3.63) is 59.9 Å². The number of nitrogens with zero attached hydrogens (tertiary/aromatic N) is 2. The summed E-state index contributed by atoms with van der Waals surface area (Å²) in [5, 5.41) is 6.66. The van der Waals surface area contributed by atoms with Crippen LogP contribution in [0.2, 0.25) is 0 Å². The zero-order valence-electron chi connectivity index (χ0n) is 15.6. The third-order valence-electron chi connectivity index (χ3n) is 3.79. The van der Waals surface area contributed by atoms with Crippen LogP contribution in [-0.2, 0) is 13.2 Å². The van der Waals surface area contributed by atoms with Crippen LogP contribution in [0, 0.1) is 0 Å². The molecule has 1 aromatic carbocycles. The molecule has 0 saturated carbocycles. The van der Waals surface area contributed by atoms with Crippen molar-refractivity contribution in [2.45, 2.75) is 39.3 Å². The first-order valence-corrected chi connectivity index (χ1v) is 8.88. The highest BCUT2D eigenvalue weighted by Gasteiger charge is 2.00. The van der Waals surface area contributed by atoms with Crippen molar-refractivity contribution < 1.29 is 4.74 Å². The Hall–Kier alpha value is -1.83. The number of halogens is 1. The van der Waals surface area contributed by atoms with Crippen LogP contribution in [0.3, 0.4) is 0 Å². The van der Waals surface area contributed by atoms with E-state index in [1.54, 1.807) is 13.2 Å². The van der Waals surface area contributed by atoms with E-state index in [0.29, 0.717) is 6.61 Å². The lowest BCUT2D eigenvalue weighted by molar-refractivity contribution is 0.301. The highest BCUT2D eigenvalue weighted by Crippen LogP contribution is 2.13. The number of nitrogens with one attached hydrogen (secondary N) is 2. The van der Waals surface area contributed by atoms with Crippen LogP contribution in [0.25, 0.3) is 0 Å². The number of guanidine groups is 1. The van der Waals surface area contributed by atoms with Gasteiger partial charge in [-0.3, -0.25) is 9.98 Å². The number of rotatable bonds is 9. The molecule has 0 bridgehead atoms. The lowest BCUT2D eigenvalue weighted by Crippen LogP contribution is -2.37. The van der Waals surface area contributed by atoms with Crippen LogP contribution in [0.15, 0.2) is 53.7 Å². The van der Waals surface area contributed by atoms with Gasteiger partial charge in [-0.05, 0) is 36.2 Å². The fourth-order valence-corrected chi connectivity index (χ4v) is 2.33. The Morgan fingerprint density at radius 2 is 1.88 bits per heavy atom. The second-order valence-electron chi connectivity index (χ2n) is 5.81. The molecule has 2 N–H and O–H groups in total. The van der Waals surface area contributed by atoms with E-state index in [1.165, 1.54) is 24.8 Å². The van der Waals surface area contributed by atoms with Crippen LogP contribution >= 0.6 is 24.0 Å². The Morgan fingerprint density at radius 3 is 2.54 bits per heavy atom. The largest absolute Gasteiger partial charge is 0.487 e. The third-order valence-corrected chi connectivity index (χ3v) is 3.79. The van der Waals surface area contributed by atoms with E-state index in [2.05, 4.69) is 39.7 Å². The molecule has 0 aliphatic heterocycles. The summed E-state index contributed by atoms with van der Waals surface area (Å²) >= 11 is 0. The maximum Gasteiger partial charge on any atom is 0.191 e. The molecule has 0 atom stereocenters. The van der Waals surface area contributed by atoms with Gasteiger partial charge >= 0.3 is 0 Å². The Kier molecular flexibility index (Phi) is 11.4. The van der Waals surface area contributed by atoms with Crippen molar-refractivity contribution >= 4 is 29.9 Å². The molecule has 0 saturated heterocycles. The zero-order valence-corrected chi connectivity index (χ0v) is 17.9. The molecule has 0 unspecified atom stereocenters. The molecule has 0 spiro atoms. The summed E-state index contributed by atoms with van der Waals surface area (Å²) < 4.78 is 5.75. The fourth-order valence-electron chi connectivity index (χ4n) is 2.33. The topological polar surface area (TPSA) is 58.5 Å². The SMILES string of the molecule is CCCCCNC(=NC)NCc1ccc(OCc2ccccn2)cc1.I. The van der Waals surface area contributed by atoms with E-state index in [-0.39, 0.29) is 24.0 Å². The second-order valence-corrected chi connectivity index (χ2v) is 5.81. The summed E-state index contributed by atoms with van der Waals surface area (Å²) in [6.45, 7) is 4.37. The predicted molar refractivity (Wildman–Crippen MR) is 118 cm³/mol. The Balaban J connectivity index is 0.00000338. The van der Waals surface area contributed by atoms with Gasteiger partial charge in [-0.2, -0.15) is 0 Å². The highest BCUT2D eigenvalue weighted by molar-refractivity contribution is 14.0. The van der Waals surface area contributed by atoms with Gasteiger partial charge in [0.05, 0.1) is 5.69 Å². The standard InChI is InChI=1S/C20H28N4O.HI/c1-3-4-6-14-23-20(21-2)24-15-17-9-11-19(12-10-17)25-16-18-8-5-7-13-22-18;/h5,7-13H,3-4,6,14-16H2,1-2H3,(H2,21,23,24);1H. The first-order valence-electron chi connectivity index (χ1n) is 8.88. The second kappa shape index (κ2) is 13.4. The number of hydrogen-bond acceptors (Lipinski definition) is 3. The minimum absolute atomic E-state index is 0. The normalized spacial score (nSPS) is 10.8. The van der Waals surface area contributed by atoms with E-state index >= 15 is 0 Å². The molecule has 0 aliphatic carbocycles. The van der Waals surface area contributed by atoms with Gasteiger partial charge in [-0.25, -0.2) is 0 Å². The molecule has 2 aromatic rings. The lowest BCUT2D eigenvalue weighted by Gasteiger charge is -2.12. The summed E-state index contributed by atoms with van der Waals surface area (Å²) in [6, 6.07) is 13.9.